The molecule has 0 radical (unpaired) electrons. The molecule has 0 aromatic heterocycles. The van der Waals surface area contributed by atoms with E-state index in [0.717, 1.165) is 89.9 Å². The minimum absolute atomic E-state index is 0.0404. The smallest absolute Gasteiger partial charge is 0.242 e. The highest BCUT2D eigenvalue weighted by Gasteiger charge is 2.20. The normalized spacial score (nSPS) is 11.5. The van der Waals surface area contributed by atoms with E-state index >= 15 is 0 Å². The number of hydrogen-bond acceptors (Lipinski definition) is 5. The molecule has 4 amide bonds. The Hall–Kier alpha value is -2.45. The van der Waals surface area contributed by atoms with E-state index in [-0.39, 0.29) is 29.4 Å². The van der Waals surface area contributed by atoms with Crippen molar-refractivity contribution < 1.29 is 24.0 Å². The lowest BCUT2D eigenvalue weighted by Gasteiger charge is -2.19. The van der Waals surface area contributed by atoms with Crippen molar-refractivity contribution in [2.24, 2.45) is 0 Å². The highest BCUT2D eigenvalue weighted by atomic mass is 16.2. The summed E-state index contributed by atoms with van der Waals surface area (Å²) in [4.78, 5) is 59.9. The molecule has 0 aromatic rings. The highest BCUT2D eigenvalue weighted by molar-refractivity contribution is 5.87. The summed E-state index contributed by atoms with van der Waals surface area (Å²) in [6.45, 7) is 7.52. The third-order valence-electron chi connectivity index (χ3n) is 6.82. The Morgan fingerprint density at radius 1 is 0.500 bits per heavy atom. The molecule has 232 valence electrons. The van der Waals surface area contributed by atoms with Crippen LogP contribution >= 0.6 is 0 Å². The number of Topliss-reactive ketones (excluding diaryl/α,β-unsaturated/α-hetero) is 1. The molecule has 1 atom stereocenters. The summed E-state index contributed by atoms with van der Waals surface area (Å²) in [7, 11) is 0. The van der Waals surface area contributed by atoms with Gasteiger partial charge in [-0.3, -0.25) is 19.2 Å². The number of carbonyl (C=O) groups is 5. The van der Waals surface area contributed by atoms with Gasteiger partial charge in [-0.05, 0) is 64.7 Å². The van der Waals surface area contributed by atoms with Gasteiger partial charge in [0.2, 0.25) is 23.6 Å². The first kappa shape index (κ1) is 37.6. The summed E-state index contributed by atoms with van der Waals surface area (Å²) in [5.41, 5.74) is 0. The monoisotopic (exact) mass is 566 g/mol. The van der Waals surface area contributed by atoms with Gasteiger partial charge in [-0.25, -0.2) is 0 Å². The lowest BCUT2D eigenvalue weighted by molar-refractivity contribution is -0.129. The summed E-state index contributed by atoms with van der Waals surface area (Å²) < 4.78 is 0. The molecule has 9 nitrogen and oxygen atoms in total. The molecule has 0 aliphatic heterocycles. The van der Waals surface area contributed by atoms with Crippen molar-refractivity contribution in [1.29, 1.82) is 0 Å². The molecule has 0 spiro atoms. The molecule has 0 rings (SSSR count). The molecule has 9 heteroatoms. The minimum Gasteiger partial charge on any atom is -0.356 e. The lowest BCUT2D eigenvalue weighted by Crippen LogP contribution is -2.47. The second-order valence-corrected chi connectivity index (χ2v) is 10.8. The molecule has 0 saturated carbocycles. The summed E-state index contributed by atoms with van der Waals surface area (Å²) >= 11 is 0. The zero-order valence-electron chi connectivity index (χ0n) is 25.7. The molecule has 0 unspecified atom stereocenters. The van der Waals surface area contributed by atoms with Gasteiger partial charge in [0, 0.05) is 45.3 Å². The van der Waals surface area contributed by atoms with Crippen LogP contribution in [0.5, 0.6) is 0 Å². The highest BCUT2D eigenvalue weighted by Crippen LogP contribution is 2.06. The zero-order chi connectivity index (χ0) is 29.8. The van der Waals surface area contributed by atoms with Crippen molar-refractivity contribution >= 4 is 29.4 Å². The largest absolute Gasteiger partial charge is 0.356 e. The first-order chi connectivity index (χ1) is 19.3. The maximum absolute atomic E-state index is 12.8. The van der Waals surface area contributed by atoms with Crippen LogP contribution in [0.15, 0.2) is 0 Å². The third-order valence-corrected chi connectivity index (χ3v) is 6.82. The van der Waals surface area contributed by atoms with E-state index in [1.165, 1.54) is 0 Å². The Kier molecular flexibility index (Phi) is 25.1. The molecule has 4 N–H and O–H groups in total. The summed E-state index contributed by atoms with van der Waals surface area (Å²) in [5, 5.41) is 11.7. The van der Waals surface area contributed by atoms with Crippen molar-refractivity contribution in [2.75, 3.05) is 19.6 Å². The van der Waals surface area contributed by atoms with Crippen LogP contribution in [0.4, 0.5) is 0 Å². The number of nitrogens with one attached hydrogen (secondary N) is 4. The SMILES string of the molecule is CCCCCC(=O)NCCCC[C@H](NC(=O)CCCCC)C(=O)NCCCCCC(=O)NCCCCCC(C)=O. The number of rotatable bonds is 27. The topological polar surface area (TPSA) is 133 Å². The van der Waals surface area contributed by atoms with Gasteiger partial charge in [-0.15, -0.1) is 0 Å². The molecule has 0 aliphatic rings. The second kappa shape index (κ2) is 26.8. The van der Waals surface area contributed by atoms with Gasteiger partial charge in [0.1, 0.15) is 11.8 Å². The molecular weight excluding hydrogens is 508 g/mol. The fourth-order valence-electron chi connectivity index (χ4n) is 4.31. The number of amides is 4. The standard InChI is InChI=1S/C31H58N4O5/c1-4-6-10-20-28(37)33-24-17-14-19-27(35-30(39)22-11-7-5-2)31(40)34-25-16-9-13-21-29(38)32-23-15-8-12-18-26(3)36/h27H,4-25H2,1-3H3,(H,32,38)(H,33,37)(H,34,40)(H,35,39)/t27-/m0/s1. The Morgan fingerprint density at radius 3 is 1.48 bits per heavy atom. The molecular formula is C31H58N4O5. The van der Waals surface area contributed by atoms with E-state index in [2.05, 4.69) is 35.1 Å². The van der Waals surface area contributed by atoms with E-state index in [1.807, 2.05) is 0 Å². The van der Waals surface area contributed by atoms with Gasteiger partial charge in [-0.1, -0.05) is 52.4 Å². The maximum Gasteiger partial charge on any atom is 0.242 e. The van der Waals surface area contributed by atoms with Crippen LogP contribution in [0.3, 0.4) is 0 Å². The van der Waals surface area contributed by atoms with Crippen molar-refractivity contribution in [3.63, 3.8) is 0 Å². The quantitative estimate of drug-likeness (QED) is 0.105. The summed E-state index contributed by atoms with van der Waals surface area (Å²) in [6, 6.07) is -0.574. The minimum atomic E-state index is -0.574. The molecule has 40 heavy (non-hydrogen) atoms. The van der Waals surface area contributed by atoms with E-state index in [9.17, 15) is 24.0 Å². The number of carbonyl (C=O) groups excluding carboxylic acids is 5. The van der Waals surface area contributed by atoms with Gasteiger partial charge < -0.3 is 26.1 Å². The van der Waals surface area contributed by atoms with Crippen LogP contribution in [0.25, 0.3) is 0 Å². The first-order valence-corrected chi connectivity index (χ1v) is 15.9. The maximum atomic E-state index is 12.8. The Labute approximate surface area is 243 Å². The van der Waals surface area contributed by atoms with Crippen LogP contribution in [-0.2, 0) is 24.0 Å². The fraction of sp³-hybridized carbons (Fsp3) is 0.839. The van der Waals surface area contributed by atoms with Crippen LogP contribution in [0.1, 0.15) is 143 Å². The van der Waals surface area contributed by atoms with E-state index in [0.29, 0.717) is 51.7 Å². The first-order valence-electron chi connectivity index (χ1n) is 15.9. The van der Waals surface area contributed by atoms with E-state index < -0.39 is 6.04 Å². The second-order valence-electron chi connectivity index (χ2n) is 10.8. The van der Waals surface area contributed by atoms with Gasteiger partial charge in [0.05, 0.1) is 0 Å². The summed E-state index contributed by atoms with van der Waals surface area (Å²) in [5.74, 6) is 0.0554. The van der Waals surface area contributed by atoms with Crippen LogP contribution in [0, 0.1) is 0 Å². The van der Waals surface area contributed by atoms with Crippen molar-refractivity contribution in [1.82, 2.24) is 21.3 Å². The van der Waals surface area contributed by atoms with Crippen molar-refractivity contribution in [2.45, 2.75) is 149 Å². The van der Waals surface area contributed by atoms with Crippen molar-refractivity contribution in [3.05, 3.63) is 0 Å². The Morgan fingerprint density at radius 2 is 0.950 bits per heavy atom. The van der Waals surface area contributed by atoms with Crippen molar-refractivity contribution in [3.8, 4) is 0 Å². The third kappa shape index (κ3) is 24.6. The zero-order valence-corrected chi connectivity index (χ0v) is 25.7. The molecule has 0 heterocycles. The number of ketones is 1. The summed E-state index contributed by atoms with van der Waals surface area (Å²) in [6.07, 6.45) is 15.0. The van der Waals surface area contributed by atoms with E-state index in [4.69, 9.17) is 0 Å². The van der Waals surface area contributed by atoms with Gasteiger partial charge >= 0.3 is 0 Å². The molecule has 0 fully saturated rings. The average molecular weight is 567 g/mol. The molecule has 0 aliphatic carbocycles. The fourth-order valence-corrected chi connectivity index (χ4v) is 4.31. The van der Waals surface area contributed by atoms with Gasteiger partial charge in [0.15, 0.2) is 0 Å². The lowest BCUT2D eigenvalue weighted by atomic mass is 10.1. The predicted octanol–water partition coefficient (Wildman–Crippen LogP) is 4.86. The number of unbranched alkanes of at least 4 members (excludes halogenated alkanes) is 9. The Balaban J connectivity index is 4.23. The number of hydrogen-bond donors (Lipinski definition) is 4. The van der Waals surface area contributed by atoms with Crippen LogP contribution in [0.2, 0.25) is 0 Å². The van der Waals surface area contributed by atoms with Gasteiger partial charge in [-0.2, -0.15) is 0 Å². The Bertz CT molecular complexity index is 714. The van der Waals surface area contributed by atoms with Crippen LogP contribution in [-0.4, -0.2) is 55.1 Å². The molecule has 0 saturated heterocycles. The van der Waals surface area contributed by atoms with Gasteiger partial charge in [0.25, 0.3) is 0 Å². The average Bonchev–Trinajstić information content (AvgIpc) is 2.91. The van der Waals surface area contributed by atoms with E-state index in [1.54, 1.807) is 6.92 Å². The predicted molar refractivity (Wildman–Crippen MR) is 161 cm³/mol. The molecule has 0 bridgehead atoms. The molecule has 0 aromatic carbocycles. The van der Waals surface area contributed by atoms with Crippen LogP contribution < -0.4 is 21.3 Å².